The molecule has 0 aliphatic heterocycles. The maximum absolute atomic E-state index is 12.7. The van der Waals surface area contributed by atoms with Crippen molar-refractivity contribution >= 4 is 5.91 Å². The van der Waals surface area contributed by atoms with Crippen LogP contribution in [0.2, 0.25) is 0 Å². The van der Waals surface area contributed by atoms with Crippen LogP contribution < -0.4 is 5.32 Å². The van der Waals surface area contributed by atoms with E-state index in [1.807, 2.05) is 48.0 Å². The Morgan fingerprint density at radius 1 is 1.27 bits per heavy atom. The van der Waals surface area contributed by atoms with Gasteiger partial charge < -0.3 is 10.4 Å². The highest BCUT2D eigenvalue weighted by atomic mass is 16.3. The van der Waals surface area contributed by atoms with Crippen LogP contribution in [-0.4, -0.2) is 42.7 Å². The van der Waals surface area contributed by atoms with Crippen LogP contribution in [0.4, 0.5) is 0 Å². The van der Waals surface area contributed by atoms with Crippen molar-refractivity contribution in [3.8, 4) is 0 Å². The van der Waals surface area contributed by atoms with Crippen LogP contribution in [0, 0.1) is 6.92 Å². The van der Waals surface area contributed by atoms with Crippen LogP contribution >= 0.6 is 0 Å². The van der Waals surface area contributed by atoms with Gasteiger partial charge in [0.05, 0.1) is 36.5 Å². The van der Waals surface area contributed by atoms with Crippen LogP contribution in [0.15, 0.2) is 55.0 Å². The number of amides is 1. The Hall–Kier alpha value is -2.93. The number of nitrogens with zero attached hydrogens (tertiary/aromatic N) is 4. The molecule has 0 unspecified atom stereocenters. The van der Waals surface area contributed by atoms with Crippen LogP contribution in [0.1, 0.15) is 34.1 Å². The minimum absolute atomic E-state index is 0.144. The summed E-state index contributed by atoms with van der Waals surface area (Å²) in [6.45, 7) is 2.52. The molecule has 1 aliphatic carbocycles. The molecule has 1 fully saturated rings. The summed E-state index contributed by atoms with van der Waals surface area (Å²) in [6, 6.07) is 11.4. The van der Waals surface area contributed by atoms with E-state index in [0.717, 1.165) is 11.3 Å². The van der Waals surface area contributed by atoms with E-state index in [9.17, 15) is 9.90 Å². The summed E-state index contributed by atoms with van der Waals surface area (Å²) < 4.78 is 3.52. The highest BCUT2D eigenvalue weighted by Crippen LogP contribution is 2.32. The van der Waals surface area contributed by atoms with E-state index >= 15 is 0 Å². The molecule has 7 nitrogen and oxygen atoms in total. The third-order valence-electron chi connectivity index (χ3n) is 4.97. The summed E-state index contributed by atoms with van der Waals surface area (Å²) in [5.41, 5.74) is 2.51. The van der Waals surface area contributed by atoms with Crippen molar-refractivity contribution in [3.05, 3.63) is 71.8 Å². The predicted octanol–water partition coefficient (Wildman–Crippen LogP) is 1.54. The molecule has 1 aliphatic rings. The highest BCUT2D eigenvalue weighted by molar-refractivity contribution is 5.95. The molecule has 0 radical (unpaired) electrons. The van der Waals surface area contributed by atoms with E-state index in [4.69, 9.17) is 0 Å². The SMILES string of the molecule is Cc1c(C(=O)N[C@H]2C[C@@H](O)[C@@H]2n2cccn2)cnn1Cc1ccccc1. The van der Waals surface area contributed by atoms with Gasteiger partial charge in [-0.25, -0.2) is 0 Å². The normalized spacial score (nSPS) is 22.0. The molecule has 0 bridgehead atoms. The van der Waals surface area contributed by atoms with Gasteiger partial charge in [-0.1, -0.05) is 30.3 Å². The van der Waals surface area contributed by atoms with Crippen molar-refractivity contribution in [2.24, 2.45) is 0 Å². The average molecular weight is 351 g/mol. The van der Waals surface area contributed by atoms with E-state index < -0.39 is 6.10 Å². The molecule has 2 N–H and O–H groups in total. The lowest BCUT2D eigenvalue weighted by molar-refractivity contribution is -0.00589. The first-order valence-corrected chi connectivity index (χ1v) is 8.68. The van der Waals surface area contributed by atoms with Crippen LogP contribution in [0.25, 0.3) is 0 Å². The van der Waals surface area contributed by atoms with E-state index in [1.54, 1.807) is 23.3 Å². The number of aliphatic hydroxyl groups excluding tert-OH is 1. The number of aliphatic hydroxyl groups is 1. The number of rotatable bonds is 5. The topological polar surface area (TPSA) is 85.0 Å². The molecule has 1 saturated carbocycles. The zero-order valence-electron chi connectivity index (χ0n) is 14.5. The number of hydrogen-bond donors (Lipinski definition) is 2. The molecule has 3 aromatic rings. The lowest BCUT2D eigenvalue weighted by Gasteiger charge is -2.41. The van der Waals surface area contributed by atoms with Gasteiger partial charge in [0.1, 0.15) is 0 Å². The Kier molecular flexibility index (Phi) is 4.30. The first kappa shape index (κ1) is 16.5. The largest absolute Gasteiger partial charge is 0.391 e. The molecule has 134 valence electrons. The van der Waals surface area contributed by atoms with Gasteiger partial charge >= 0.3 is 0 Å². The van der Waals surface area contributed by atoms with Gasteiger partial charge in [0.2, 0.25) is 0 Å². The molecule has 3 atom stereocenters. The molecule has 26 heavy (non-hydrogen) atoms. The van der Waals surface area contributed by atoms with Crippen molar-refractivity contribution in [1.82, 2.24) is 24.9 Å². The summed E-state index contributed by atoms with van der Waals surface area (Å²) in [7, 11) is 0. The molecule has 1 amide bonds. The van der Waals surface area contributed by atoms with Crippen molar-refractivity contribution < 1.29 is 9.90 Å². The maximum Gasteiger partial charge on any atom is 0.255 e. The first-order chi connectivity index (χ1) is 12.6. The van der Waals surface area contributed by atoms with Gasteiger partial charge in [-0.2, -0.15) is 10.2 Å². The lowest BCUT2D eigenvalue weighted by atomic mass is 9.83. The number of aromatic nitrogens is 4. The van der Waals surface area contributed by atoms with Gasteiger partial charge in [0.25, 0.3) is 5.91 Å². The Morgan fingerprint density at radius 3 is 2.77 bits per heavy atom. The Morgan fingerprint density at radius 2 is 2.08 bits per heavy atom. The molecule has 4 rings (SSSR count). The Bertz CT molecular complexity index is 888. The molecular formula is C19H21N5O2. The molecular weight excluding hydrogens is 330 g/mol. The predicted molar refractivity (Wildman–Crippen MR) is 95.7 cm³/mol. The highest BCUT2D eigenvalue weighted by Gasteiger charge is 2.42. The maximum atomic E-state index is 12.7. The fourth-order valence-electron chi connectivity index (χ4n) is 3.40. The van der Waals surface area contributed by atoms with E-state index in [1.165, 1.54) is 0 Å². The summed E-state index contributed by atoms with van der Waals surface area (Å²) in [5, 5.41) is 21.6. The fourth-order valence-corrected chi connectivity index (χ4v) is 3.40. The van der Waals surface area contributed by atoms with Crippen LogP contribution in [0.3, 0.4) is 0 Å². The molecule has 1 aromatic carbocycles. The number of nitrogens with one attached hydrogen (secondary N) is 1. The van der Waals surface area contributed by atoms with Gasteiger partial charge in [0, 0.05) is 18.1 Å². The molecule has 0 saturated heterocycles. The zero-order chi connectivity index (χ0) is 18.1. The van der Waals surface area contributed by atoms with E-state index in [2.05, 4.69) is 15.5 Å². The van der Waals surface area contributed by atoms with Gasteiger partial charge in [-0.15, -0.1) is 0 Å². The summed E-state index contributed by atoms with van der Waals surface area (Å²) in [5.74, 6) is -0.170. The third kappa shape index (κ3) is 3.01. The van der Waals surface area contributed by atoms with Gasteiger partial charge in [-0.05, 0) is 25.0 Å². The standard InChI is InChI=1S/C19H21N5O2/c1-13-15(11-21-24(13)12-14-6-3-2-4-7-14)19(26)22-16-10-17(25)18(16)23-9-5-8-20-23/h2-9,11,16-18,25H,10,12H2,1H3,(H,22,26)/t16-,17+,18+/m0/s1. The molecule has 2 heterocycles. The van der Waals surface area contributed by atoms with Crippen molar-refractivity contribution in [3.63, 3.8) is 0 Å². The minimum Gasteiger partial charge on any atom is -0.391 e. The Labute approximate surface area is 151 Å². The van der Waals surface area contributed by atoms with E-state index in [-0.39, 0.29) is 18.0 Å². The van der Waals surface area contributed by atoms with Crippen molar-refractivity contribution in [2.75, 3.05) is 0 Å². The Balaban J connectivity index is 1.46. The van der Waals surface area contributed by atoms with Crippen LogP contribution in [-0.2, 0) is 6.54 Å². The average Bonchev–Trinajstić information content (AvgIpc) is 3.26. The lowest BCUT2D eigenvalue weighted by Crippen LogP contribution is -2.56. The minimum atomic E-state index is -0.498. The number of hydrogen-bond acceptors (Lipinski definition) is 4. The second-order valence-corrected chi connectivity index (χ2v) is 6.65. The summed E-state index contributed by atoms with van der Waals surface area (Å²) in [6.07, 6.45) is 5.10. The monoisotopic (exact) mass is 351 g/mol. The van der Waals surface area contributed by atoms with Gasteiger partial charge in [-0.3, -0.25) is 14.2 Å². The molecule has 0 spiro atoms. The van der Waals surface area contributed by atoms with Crippen molar-refractivity contribution in [2.45, 2.75) is 38.1 Å². The molecule has 7 heteroatoms. The van der Waals surface area contributed by atoms with Crippen molar-refractivity contribution in [1.29, 1.82) is 0 Å². The number of benzene rings is 1. The zero-order valence-corrected chi connectivity index (χ0v) is 14.5. The first-order valence-electron chi connectivity index (χ1n) is 8.68. The number of carbonyl (C=O) groups excluding carboxylic acids is 1. The van der Waals surface area contributed by atoms with E-state index in [0.29, 0.717) is 18.5 Å². The quantitative estimate of drug-likeness (QED) is 0.730. The third-order valence-corrected chi connectivity index (χ3v) is 4.97. The smallest absolute Gasteiger partial charge is 0.255 e. The number of carbonyl (C=O) groups is 1. The summed E-state index contributed by atoms with van der Waals surface area (Å²) in [4.78, 5) is 12.7. The van der Waals surface area contributed by atoms with Gasteiger partial charge in [0.15, 0.2) is 0 Å². The molecule has 2 aromatic heterocycles. The summed E-state index contributed by atoms with van der Waals surface area (Å²) >= 11 is 0. The fraction of sp³-hybridized carbons (Fsp3) is 0.316. The second-order valence-electron chi connectivity index (χ2n) is 6.65. The van der Waals surface area contributed by atoms with Crippen LogP contribution in [0.5, 0.6) is 0 Å². The second kappa shape index (κ2) is 6.76.